The Hall–Kier alpha value is -2.35. The van der Waals surface area contributed by atoms with Gasteiger partial charge >= 0.3 is 0 Å². The lowest BCUT2D eigenvalue weighted by molar-refractivity contribution is 0.557. The van der Waals surface area contributed by atoms with Crippen LogP contribution in [0.15, 0.2) is 81.6 Å². The Kier molecular flexibility index (Phi) is 4.52. The topological polar surface area (TPSA) is 26.3 Å². The Labute approximate surface area is 188 Å². The van der Waals surface area contributed by atoms with Crippen LogP contribution in [0.5, 0.6) is 0 Å². The van der Waals surface area contributed by atoms with Crippen LogP contribution in [0.3, 0.4) is 0 Å². The molecule has 2 aromatic heterocycles. The van der Waals surface area contributed by atoms with Crippen molar-refractivity contribution >= 4 is 55.7 Å². The number of hydrogen-bond donors (Lipinski definition) is 0. The van der Waals surface area contributed by atoms with Crippen LogP contribution in [-0.4, -0.2) is 24.2 Å². The predicted molar refractivity (Wildman–Crippen MR) is 140 cm³/mol. The standard InChI is InChI=1S/C26H30O2Si3/c1-29(2,3)23-17-21-25(27-23)26-22(18-24(28-26)30(4,5)6)31(21,19-13-9-7-10-14-19)20-15-11-8-12-16-20/h7-18H,1-6H3. The molecule has 2 aromatic carbocycles. The number of furan rings is 2. The molecule has 0 saturated heterocycles. The summed E-state index contributed by atoms with van der Waals surface area (Å²) in [7, 11) is -5.72. The largest absolute Gasteiger partial charge is 0.463 e. The first kappa shape index (κ1) is 20.5. The third-order valence-corrected chi connectivity index (χ3v) is 14.6. The van der Waals surface area contributed by atoms with Gasteiger partial charge in [0.2, 0.25) is 0 Å². The summed E-state index contributed by atoms with van der Waals surface area (Å²) in [4.78, 5) is 0. The molecule has 5 rings (SSSR count). The van der Waals surface area contributed by atoms with Crippen LogP contribution in [-0.2, 0) is 0 Å². The normalized spacial score (nSPS) is 15.0. The second-order valence-electron chi connectivity index (χ2n) is 10.7. The third kappa shape index (κ3) is 3.02. The molecule has 3 heterocycles. The number of hydrogen-bond acceptors (Lipinski definition) is 2. The van der Waals surface area contributed by atoms with Crippen molar-refractivity contribution < 1.29 is 8.83 Å². The fourth-order valence-electron chi connectivity index (χ4n) is 4.73. The summed E-state index contributed by atoms with van der Waals surface area (Å²) in [6, 6.07) is 26.9. The Balaban J connectivity index is 1.93. The monoisotopic (exact) mass is 458 g/mol. The van der Waals surface area contributed by atoms with E-state index in [0.29, 0.717) is 0 Å². The molecule has 2 nitrogen and oxygen atoms in total. The third-order valence-electron chi connectivity index (χ3n) is 6.37. The van der Waals surface area contributed by atoms with Crippen molar-refractivity contribution in [1.82, 2.24) is 0 Å². The van der Waals surface area contributed by atoms with E-state index in [1.165, 1.54) is 20.7 Å². The Morgan fingerprint density at radius 3 is 1.23 bits per heavy atom. The van der Waals surface area contributed by atoms with E-state index in [9.17, 15) is 0 Å². The minimum Gasteiger partial charge on any atom is -0.463 e. The van der Waals surface area contributed by atoms with Gasteiger partial charge in [-0.25, -0.2) is 0 Å². The smallest absolute Gasteiger partial charge is 0.188 e. The molecule has 0 aliphatic carbocycles. The van der Waals surface area contributed by atoms with Gasteiger partial charge in [-0.1, -0.05) is 99.9 Å². The number of benzene rings is 2. The summed E-state index contributed by atoms with van der Waals surface area (Å²) in [6.45, 7) is 14.1. The molecule has 0 radical (unpaired) electrons. The van der Waals surface area contributed by atoms with Gasteiger partial charge in [-0.15, -0.1) is 0 Å². The van der Waals surface area contributed by atoms with Crippen molar-refractivity contribution in [2.45, 2.75) is 39.3 Å². The fraction of sp³-hybridized carbons (Fsp3) is 0.231. The molecule has 0 amide bonds. The fourth-order valence-corrected chi connectivity index (χ4v) is 11.9. The van der Waals surface area contributed by atoms with Gasteiger partial charge in [0.1, 0.15) is 16.1 Å². The summed E-state index contributed by atoms with van der Waals surface area (Å²) in [5.41, 5.74) is 0. The van der Waals surface area contributed by atoms with E-state index in [1.807, 2.05) is 0 Å². The van der Waals surface area contributed by atoms with Crippen LogP contribution in [0.2, 0.25) is 39.3 Å². The number of fused-ring (bicyclic) bond motifs is 3. The molecular weight excluding hydrogens is 429 g/mol. The van der Waals surface area contributed by atoms with E-state index >= 15 is 0 Å². The Morgan fingerprint density at radius 1 is 0.548 bits per heavy atom. The van der Waals surface area contributed by atoms with Crippen molar-refractivity contribution in [1.29, 1.82) is 0 Å². The maximum atomic E-state index is 6.66. The molecule has 31 heavy (non-hydrogen) atoms. The van der Waals surface area contributed by atoms with Crippen molar-refractivity contribution in [2.24, 2.45) is 0 Å². The SMILES string of the molecule is C[Si](C)(C)c1cc2c(o1)-c1oc([Si](C)(C)C)cc1[Si]2(c1ccccc1)c1ccccc1. The second-order valence-corrected chi connectivity index (χ2v) is 24.4. The highest BCUT2D eigenvalue weighted by Gasteiger charge is 2.54. The van der Waals surface area contributed by atoms with Gasteiger partial charge in [0, 0.05) is 10.4 Å². The molecule has 4 aromatic rings. The Bertz CT molecular complexity index is 1140. The molecule has 158 valence electrons. The molecule has 0 fully saturated rings. The molecule has 0 unspecified atom stereocenters. The summed E-state index contributed by atoms with van der Waals surface area (Å²) in [5.74, 6) is 1.97. The summed E-state index contributed by atoms with van der Waals surface area (Å²) in [5, 5.41) is 7.84. The van der Waals surface area contributed by atoms with Gasteiger partial charge in [-0.2, -0.15) is 0 Å². The van der Waals surface area contributed by atoms with Crippen LogP contribution in [0.25, 0.3) is 11.5 Å². The molecule has 1 aliphatic rings. The van der Waals surface area contributed by atoms with Gasteiger partial charge < -0.3 is 8.83 Å². The zero-order chi connectivity index (χ0) is 22.0. The van der Waals surface area contributed by atoms with Gasteiger partial charge in [0.15, 0.2) is 19.6 Å². The van der Waals surface area contributed by atoms with Crippen LogP contribution in [0.4, 0.5) is 0 Å². The predicted octanol–water partition coefficient (Wildman–Crippen LogP) is 3.32. The van der Waals surface area contributed by atoms with Gasteiger partial charge in [-0.3, -0.25) is 0 Å². The van der Waals surface area contributed by atoms with E-state index in [-0.39, 0.29) is 0 Å². The zero-order valence-electron chi connectivity index (χ0n) is 19.2. The van der Waals surface area contributed by atoms with Crippen LogP contribution in [0.1, 0.15) is 0 Å². The first-order valence-electron chi connectivity index (χ1n) is 11.0. The van der Waals surface area contributed by atoms with E-state index in [0.717, 1.165) is 22.3 Å². The highest BCUT2D eigenvalue weighted by Crippen LogP contribution is 2.30. The van der Waals surface area contributed by atoms with Gasteiger partial charge in [-0.05, 0) is 22.5 Å². The van der Waals surface area contributed by atoms with Crippen molar-refractivity contribution in [2.75, 3.05) is 0 Å². The molecule has 0 atom stereocenters. The minimum atomic E-state index is -2.48. The summed E-state index contributed by atoms with van der Waals surface area (Å²) >= 11 is 0. The zero-order valence-corrected chi connectivity index (χ0v) is 22.2. The average molecular weight is 459 g/mol. The molecule has 0 N–H and O–H groups in total. The molecule has 5 heteroatoms. The van der Waals surface area contributed by atoms with E-state index in [2.05, 4.69) is 112 Å². The quantitative estimate of drug-likeness (QED) is 0.386. The highest BCUT2D eigenvalue weighted by molar-refractivity contribution is 7.22. The van der Waals surface area contributed by atoms with Gasteiger partial charge in [0.05, 0.1) is 10.8 Å². The Morgan fingerprint density at radius 2 is 0.903 bits per heavy atom. The molecule has 0 bridgehead atoms. The summed E-state index contributed by atoms with van der Waals surface area (Å²) < 4.78 is 13.3. The van der Waals surface area contributed by atoms with Gasteiger partial charge in [0.25, 0.3) is 0 Å². The second kappa shape index (κ2) is 6.82. The minimum absolute atomic E-state index is 0.983. The van der Waals surface area contributed by atoms with E-state index in [1.54, 1.807) is 0 Å². The molecule has 0 saturated carbocycles. The first-order chi connectivity index (χ1) is 14.6. The maximum absolute atomic E-state index is 6.66. The molecule has 0 spiro atoms. The van der Waals surface area contributed by atoms with E-state index in [4.69, 9.17) is 8.83 Å². The van der Waals surface area contributed by atoms with Crippen LogP contribution < -0.4 is 31.5 Å². The average Bonchev–Trinajstić information content (AvgIpc) is 3.39. The van der Waals surface area contributed by atoms with Crippen LogP contribution >= 0.6 is 0 Å². The lowest BCUT2D eigenvalue weighted by atomic mass is 10.3. The van der Waals surface area contributed by atoms with Crippen molar-refractivity contribution in [3.05, 3.63) is 72.8 Å². The molecule has 1 aliphatic heterocycles. The van der Waals surface area contributed by atoms with Crippen molar-refractivity contribution in [3.8, 4) is 11.5 Å². The van der Waals surface area contributed by atoms with E-state index < -0.39 is 24.2 Å². The summed E-state index contributed by atoms with van der Waals surface area (Å²) in [6.07, 6.45) is 0. The first-order valence-corrected chi connectivity index (χ1v) is 20.0. The number of rotatable bonds is 4. The lowest BCUT2D eigenvalue weighted by Gasteiger charge is -2.29. The maximum Gasteiger partial charge on any atom is 0.188 e. The molecular formula is C26H30O2Si3. The highest BCUT2D eigenvalue weighted by atomic mass is 28.3. The lowest BCUT2D eigenvalue weighted by Crippen LogP contribution is -2.73. The van der Waals surface area contributed by atoms with Crippen LogP contribution in [0, 0.1) is 0 Å². The van der Waals surface area contributed by atoms with Crippen molar-refractivity contribution in [3.63, 3.8) is 0 Å².